The number of hydrogen-bond acceptors (Lipinski definition) is 3. The number of amides is 2. The van der Waals surface area contributed by atoms with E-state index < -0.39 is 5.60 Å². The lowest BCUT2D eigenvalue weighted by atomic mass is 10.1. The quantitative estimate of drug-likeness (QED) is 0.731. The summed E-state index contributed by atoms with van der Waals surface area (Å²) in [5.41, 5.74) is -0.466. The maximum Gasteiger partial charge on any atom is 0.410 e. The van der Waals surface area contributed by atoms with E-state index >= 15 is 0 Å². The zero-order valence-corrected chi connectivity index (χ0v) is 12.3. The number of carbonyl (C=O) groups excluding carboxylic acids is 2. The number of carbonyl (C=O) groups is 2. The predicted octanol–water partition coefficient (Wildman–Crippen LogP) is 2.01. The van der Waals surface area contributed by atoms with Crippen molar-refractivity contribution in [3.63, 3.8) is 0 Å². The average Bonchev–Trinajstić information content (AvgIpc) is 2.56. The van der Waals surface area contributed by atoms with E-state index in [0.717, 1.165) is 12.8 Å². The molecule has 2 aliphatic rings. The van der Waals surface area contributed by atoms with Crippen LogP contribution in [-0.4, -0.2) is 52.6 Å². The molecule has 2 heterocycles. The van der Waals surface area contributed by atoms with Crippen LogP contribution in [0.4, 0.5) is 4.79 Å². The van der Waals surface area contributed by atoms with Crippen LogP contribution in [0.15, 0.2) is 0 Å². The maximum atomic E-state index is 12.1. The van der Waals surface area contributed by atoms with Crippen LogP contribution < -0.4 is 0 Å². The fourth-order valence-electron chi connectivity index (χ4n) is 2.97. The smallest absolute Gasteiger partial charge is 0.410 e. The first-order valence-electron chi connectivity index (χ1n) is 7.11. The lowest BCUT2D eigenvalue weighted by Gasteiger charge is -2.41. The highest BCUT2D eigenvalue weighted by atomic mass is 16.6. The first-order chi connectivity index (χ1) is 8.81. The molecule has 0 aromatic rings. The summed E-state index contributed by atoms with van der Waals surface area (Å²) >= 11 is 0. The molecular weight excluding hydrogens is 244 g/mol. The summed E-state index contributed by atoms with van der Waals surface area (Å²) in [6, 6.07) is 0.359. The van der Waals surface area contributed by atoms with Crippen LogP contribution in [0.3, 0.4) is 0 Å². The van der Waals surface area contributed by atoms with Crippen molar-refractivity contribution in [2.75, 3.05) is 13.1 Å². The monoisotopic (exact) mass is 268 g/mol. The second-order valence-corrected chi connectivity index (χ2v) is 6.42. The van der Waals surface area contributed by atoms with Crippen molar-refractivity contribution in [1.82, 2.24) is 9.80 Å². The standard InChI is InChI=1S/C14H24N2O3/c1-5-12(17)16-10-6-7-11(16)9-15(8-10)13(18)19-14(2,3)4/h10-11H,5-9H2,1-4H3/t10-,11+. The van der Waals surface area contributed by atoms with Crippen molar-refractivity contribution in [3.8, 4) is 0 Å². The molecule has 0 saturated carbocycles. The van der Waals surface area contributed by atoms with Crippen LogP contribution in [-0.2, 0) is 9.53 Å². The van der Waals surface area contributed by atoms with E-state index in [1.165, 1.54) is 0 Å². The fraction of sp³-hybridized carbons (Fsp3) is 0.857. The van der Waals surface area contributed by atoms with E-state index in [1.807, 2.05) is 32.6 Å². The average molecular weight is 268 g/mol. The molecule has 2 amide bonds. The number of ether oxygens (including phenoxy) is 1. The van der Waals surface area contributed by atoms with E-state index in [4.69, 9.17) is 4.74 Å². The molecule has 0 unspecified atom stereocenters. The Hall–Kier alpha value is -1.26. The largest absolute Gasteiger partial charge is 0.444 e. The minimum absolute atomic E-state index is 0.179. The second kappa shape index (κ2) is 5.02. The molecule has 5 nitrogen and oxygen atoms in total. The summed E-state index contributed by atoms with van der Waals surface area (Å²) in [7, 11) is 0. The Labute approximate surface area is 114 Å². The molecule has 0 N–H and O–H groups in total. The van der Waals surface area contributed by atoms with E-state index in [0.29, 0.717) is 19.5 Å². The highest BCUT2D eigenvalue weighted by Gasteiger charge is 2.43. The molecule has 2 fully saturated rings. The van der Waals surface area contributed by atoms with Gasteiger partial charge in [0.05, 0.1) is 0 Å². The molecule has 19 heavy (non-hydrogen) atoms. The SMILES string of the molecule is CCC(=O)N1[C@@H]2CC[C@H]1CN(C(=O)OC(C)(C)C)C2. The van der Waals surface area contributed by atoms with Crippen LogP contribution in [0.5, 0.6) is 0 Å². The van der Waals surface area contributed by atoms with Gasteiger partial charge in [-0.15, -0.1) is 0 Å². The molecule has 0 aromatic heterocycles. The van der Waals surface area contributed by atoms with Crippen LogP contribution in [0.2, 0.25) is 0 Å². The first-order valence-corrected chi connectivity index (χ1v) is 7.11. The van der Waals surface area contributed by atoms with E-state index in [9.17, 15) is 9.59 Å². The molecule has 108 valence electrons. The minimum Gasteiger partial charge on any atom is -0.444 e. The van der Waals surface area contributed by atoms with Gasteiger partial charge in [-0.3, -0.25) is 4.79 Å². The summed E-state index contributed by atoms with van der Waals surface area (Å²) < 4.78 is 5.41. The Morgan fingerprint density at radius 1 is 1.16 bits per heavy atom. The van der Waals surface area contributed by atoms with Crippen LogP contribution in [0.1, 0.15) is 47.0 Å². The van der Waals surface area contributed by atoms with Gasteiger partial charge in [0.25, 0.3) is 0 Å². The van der Waals surface area contributed by atoms with Gasteiger partial charge in [0.1, 0.15) is 5.60 Å². The third kappa shape index (κ3) is 3.01. The number of piperazine rings is 1. The molecular formula is C14H24N2O3. The van der Waals surface area contributed by atoms with Gasteiger partial charge < -0.3 is 14.5 Å². The minimum atomic E-state index is -0.466. The van der Waals surface area contributed by atoms with Gasteiger partial charge in [-0.05, 0) is 33.6 Å². The third-order valence-electron chi connectivity index (χ3n) is 3.72. The van der Waals surface area contributed by atoms with Crippen molar-refractivity contribution in [3.05, 3.63) is 0 Å². The molecule has 0 radical (unpaired) electrons. The molecule has 2 atom stereocenters. The zero-order chi connectivity index (χ0) is 14.2. The highest BCUT2D eigenvalue weighted by Crippen LogP contribution is 2.31. The summed E-state index contributed by atoms with van der Waals surface area (Å²) in [5.74, 6) is 0.205. The fourth-order valence-corrected chi connectivity index (χ4v) is 2.97. The molecule has 2 rings (SSSR count). The van der Waals surface area contributed by atoms with Gasteiger partial charge in [-0.1, -0.05) is 6.92 Å². The molecule has 2 bridgehead atoms. The Kier molecular flexibility index (Phi) is 3.74. The topological polar surface area (TPSA) is 49.9 Å². The van der Waals surface area contributed by atoms with Crippen molar-refractivity contribution >= 4 is 12.0 Å². The number of rotatable bonds is 1. The number of likely N-dealkylation sites (tertiary alicyclic amines) is 1. The van der Waals surface area contributed by atoms with Crippen molar-refractivity contribution in [1.29, 1.82) is 0 Å². The van der Waals surface area contributed by atoms with Gasteiger partial charge in [0.2, 0.25) is 5.91 Å². The molecule has 5 heteroatoms. The lowest BCUT2D eigenvalue weighted by Crippen LogP contribution is -2.57. The van der Waals surface area contributed by atoms with Crippen LogP contribution in [0.25, 0.3) is 0 Å². The molecule has 0 spiro atoms. The summed E-state index contributed by atoms with van der Waals surface area (Å²) in [4.78, 5) is 27.7. The van der Waals surface area contributed by atoms with E-state index in [2.05, 4.69) is 0 Å². The number of fused-ring (bicyclic) bond motifs is 2. The van der Waals surface area contributed by atoms with Gasteiger partial charge >= 0.3 is 6.09 Å². The Balaban J connectivity index is 2.00. The van der Waals surface area contributed by atoms with Crippen molar-refractivity contribution in [2.45, 2.75) is 64.6 Å². The Bertz CT molecular complexity index is 361. The van der Waals surface area contributed by atoms with Crippen LogP contribution in [0, 0.1) is 0 Å². The number of nitrogens with zero attached hydrogens (tertiary/aromatic N) is 2. The first kappa shape index (κ1) is 14.2. The maximum absolute atomic E-state index is 12.1. The third-order valence-corrected chi connectivity index (χ3v) is 3.72. The van der Waals surface area contributed by atoms with Gasteiger partial charge in [-0.25, -0.2) is 4.79 Å². The number of hydrogen-bond donors (Lipinski definition) is 0. The van der Waals surface area contributed by atoms with Gasteiger partial charge in [0, 0.05) is 31.6 Å². The zero-order valence-electron chi connectivity index (χ0n) is 12.3. The molecule has 0 aromatic carbocycles. The second-order valence-electron chi connectivity index (χ2n) is 6.42. The van der Waals surface area contributed by atoms with Crippen LogP contribution >= 0.6 is 0 Å². The molecule has 2 saturated heterocycles. The highest BCUT2D eigenvalue weighted by molar-refractivity contribution is 5.77. The lowest BCUT2D eigenvalue weighted by molar-refractivity contribution is -0.136. The summed E-state index contributed by atoms with van der Waals surface area (Å²) in [6.07, 6.45) is 2.28. The summed E-state index contributed by atoms with van der Waals surface area (Å²) in [6.45, 7) is 8.72. The summed E-state index contributed by atoms with van der Waals surface area (Å²) in [5, 5.41) is 0. The van der Waals surface area contributed by atoms with Crippen molar-refractivity contribution < 1.29 is 14.3 Å². The normalized spacial score (nSPS) is 26.5. The van der Waals surface area contributed by atoms with E-state index in [1.54, 1.807) is 4.90 Å². The van der Waals surface area contributed by atoms with Crippen molar-refractivity contribution in [2.24, 2.45) is 0 Å². The van der Waals surface area contributed by atoms with Gasteiger partial charge in [-0.2, -0.15) is 0 Å². The van der Waals surface area contributed by atoms with Gasteiger partial charge in [0.15, 0.2) is 0 Å². The Morgan fingerprint density at radius 3 is 2.11 bits per heavy atom. The van der Waals surface area contributed by atoms with E-state index in [-0.39, 0.29) is 24.1 Å². The predicted molar refractivity (Wildman–Crippen MR) is 71.8 cm³/mol. The molecule has 0 aliphatic carbocycles. The molecule has 2 aliphatic heterocycles. The Morgan fingerprint density at radius 2 is 1.68 bits per heavy atom.